The summed E-state index contributed by atoms with van der Waals surface area (Å²) in [4.78, 5) is 4.80. The molecule has 16 heavy (non-hydrogen) atoms. The fourth-order valence-electron chi connectivity index (χ4n) is 1.91. The number of likely N-dealkylation sites (N-methyl/N-ethyl adjacent to an activating group) is 1. The fourth-order valence-corrected chi connectivity index (χ4v) is 2.59. The summed E-state index contributed by atoms with van der Waals surface area (Å²) in [6.45, 7) is 4.46. The number of halogens is 1. The average molecular weight is 332 g/mol. The average Bonchev–Trinajstić information content (AvgIpc) is 2.31. The number of hydrogen-bond acceptors (Lipinski definition) is 3. The van der Waals surface area contributed by atoms with Gasteiger partial charge in [-0.25, -0.2) is 0 Å². The fraction of sp³-hybridized carbons (Fsp3) is 0.500. The zero-order chi connectivity index (χ0) is 11.5. The number of methoxy groups -OCH3 is 1. The SMILES string of the molecule is COc1ccc(I)c(N2CCN(C)CC2)c1. The monoisotopic (exact) mass is 332 g/mol. The molecule has 88 valence electrons. The molecule has 1 fully saturated rings. The molecule has 1 aliphatic rings. The lowest BCUT2D eigenvalue weighted by molar-refractivity contribution is 0.312. The Labute approximate surface area is 111 Å². The van der Waals surface area contributed by atoms with Gasteiger partial charge in [-0.3, -0.25) is 0 Å². The van der Waals surface area contributed by atoms with Crippen molar-refractivity contribution in [2.75, 3.05) is 45.2 Å². The summed E-state index contributed by atoms with van der Waals surface area (Å²) in [7, 11) is 3.89. The molecule has 0 aliphatic carbocycles. The van der Waals surface area contributed by atoms with Gasteiger partial charge in [-0.15, -0.1) is 0 Å². The third kappa shape index (κ3) is 2.60. The van der Waals surface area contributed by atoms with E-state index in [-0.39, 0.29) is 0 Å². The summed E-state index contributed by atoms with van der Waals surface area (Å²) < 4.78 is 6.58. The molecular formula is C12H17IN2O. The molecule has 0 N–H and O–H groups in total. The summed E-state index contributed by atoms with van der Waals surface area (Å²) in [5, 5.41) is 0. The zero-order valence-corrected chi connectivity index (χ0v) is 11.9. The number of benzene rings is 1. The van der Waals surface area contributed by atoms with Gasteiger partial charge in [0.2, 0.25) is 0 Å². The van der Waals surface area contributed by atoms with E-state index in [1.807, 2.05) is 6.07 Å². The number of anilines is 1. The van der Waals surface area contributed by atoms with Gasteiger partial charge >= 0.3 is 0 Å². The lowest BCUT2D eigenvalue weighted by Crippen LogP contribution is -2.44. The summed E-state index contributed by atoms with van der Waals surface area (Å²) in [5.41, 5.74) is 1.30. The second-order valence-corrected chi connectivity index (χ2v) is 5.27. The first-order valence-electron chi connectivity index (χ1n) is 5.48. The van der Waals surface area contributed by atoms with E-state index < -0.39 is 0 Å². The molecular weight excluding hydrogens is 315 g/mol. The summed E-state index contributed by atoms with van der Waals surface area (Å²) in [5.74, 6) is 0.939. The summed E-state index contributed by atoms with van der Waals surface area (Å²) >= 11 is 2.39. The smallest absolute Gasteiger partial charge is 0.121 e. The maximum absolute atomic E-state index is 5.28. The second kappa shape index (κ2) is 5.23. The molecule has 1 aliphatic heterocycles. The van der Waals surface area contributed by atoms with Crippen LogP contribution in [0.5, 0.6) is 5.75 Å². The molecule has 2 rings (SSSR count). The minimum atomic E-state index is 0.939. The van der Waals surface area contributed by atoms with Gasteiger partial charge in [0.1, 0.15) is 5.75 Å². The molecule has 4 heteroatoms. The van der Waals surface area contributed by atoms with Crippen molar-refractivity contribution >= 4 is 28.3 Å². The molecule has 0 aromatic heterocycles. The van der Waals surface area contributed by atoms with Crippen LogP contribution in [-0.4, -0.2) is 45.2 Å². The highest BCUT2D eigenvalue weighted by Crippen LogP contribution is 2.28. The van der Waals surface area contributed by atoms with Crippen LogP contribution in [0.4, 0.5) is 5.69 Å². The normalized spacial score (nSPS) is 17.6. The molecule has 1 aromatic carbocycles. The highest BCUT2D eigenvalue weighted by atomic mass is 127. The van der Waals surface area contributed by atoms with E-state index >= 15 is 0 Å². The molecule has 1 aromatic rings. The van der Waals surface area contributed by atoms with Crippen molar-refractivity contribution in [1.29, 1.82) is 0 Å². The van der Waals surface area contributed by atoms with Crippen LogP contribution in [0.2, 0.25) is 0 Å². The van der Waals surface area contributed by atoms with Gasteiger partial charge in [0.05, 0.1) is 12.8 Å². The maximum Gasteiger partial charge on any atom is 0.121 e. The van der Waals surface area contributed by atoms with Crippen LogP contribution >= 0.6 is 22.6 Å². The van der Waals surface area contributed by atoms with Crippen LogP contribution in [0.25, 0.3) is 0 Å². The molecule has 0 atom stereocenters. The van der Waals surface area contributed by atoms with Crippen LogP contribution in [-0.2, 0) is 0 Å². The Morgan fingerprint density at radius 2 is 1.88 bits per heavy atom. The number of rotatable bonds is 2. The lowest BCUT2D eigenvalue weighted by Gasteiger charge is -2.34. The Hall–Kier alpha value is -0.490. The summed E-state index contributed by atoms with van der Waals surface area (Å²) in [6, 6.07) is 6.27. The second-order valence-electron chi connectivity index (χ2n) is 4.11. The van der Waals surface area contributed by atoms with Crippen molar-refractivity contribution in [2.24, 2.45) is 0 Å². The van der Waals surface area contributed by atoms with E-state index in [4.69, 9.17) is 4.74 Å². The van der Waals surface area contributed by atoms with E-state index in [1.54, 1.807) is 7.11 Å². The molecule has 0 unspecified atom stereocenters. The van der Waals surface area contributed by atoms with E-state index in [0.29, 0.717) is 0 Å². The van der Waals surface area contributed by atoms with Crippen LogP contribution in [0.3, 0.4) is 0 Å². The van der Waals surface area contributed by atoms with Gasteiger partial charge in [0.15, 0.2) is 0 Å². The summed E-state index contributed by atoms with van der Waals surface area (Å²) in [6.07, 6.45) is 0. The van der Waals surface area contributed by atoms with Gasteiger partial charge in [-0.05, 0) is 41.8 Å². The van der Waals surface area contributed by atoms with Crippen molar-refractivity contribution in [2.45, 2.75) is 0 Å². The van der Waals surface area contributed by atoms with E-state index in [0.717, 1.165) is 31.9 Å². The Bertz CT molecular complexity index is 362. The number of nitrogens with zero attached hydrogens (tertiary/aromatic N) is 2. The molecule has 0 bridgehead atoms. The van der Waals surface area contributed by atoms with Crippen LogP contribution < -0.4 is 9.64 Å². The Kier molecular flexibility index (Phi) is 3.91. The Balaban J connectivity index is 2.19. The quantitative estimate of drug-likeness (QED) is 0.771. The van der Waals surface area contributed by atoms with E-state index in [9.17, 15) is 0 Å². The molecule has 1 saturated heterocycles. The van der Waals surface area contributed by atoms with Crippen LogP contribution in [0.15, 0.2) is 18.2 Å². The van der Waals surface area contributed by atoms with Crippen LogP contribution in [0.1, 0.15) is 0 Å². The maximum atomic E-state index is 5.28. The van der Waals surface area contributed by atoms with Gasteiger partial charge < -0.3 is 14.5 Å². The first-order chi connectivity index (χ1) is 7.70. The van der Waals surface area contributed by atoms with E-state index in [1.165, 1.54) is 9.26 Å². The molecule has 0 spiro atoms. The zero-order valence-electron chi connectivity index (χ0n) is 9.74. The first-order valence-corrected chi connectivity index (χ1v) is 6.55. The van der Waals surface area contributed by atoms with Gasteiger partial charge in [0, 0.05) is 35.8 Å². The number of hydrogen-bond donors (Lipinski definition) is 0. The minimum Gasteiger partial charge on any atom is -0.497 e. The minimum absolute atomic E-state index is 0.939. The van der Waals surface area contributed by atoms with Gasteiger partial charge in [0.25, 0.3) is 0 Å². The van der Waals surface area contributed by atoms with Crippen molar-refractivity contribution in [3.8, 4) is 5.75 Å². The van der Waals surface area contributed by atoms with Crippen LogP contribution in [0, 0.1) is 3.57 Å². The number of piperazine rings is 1. The Morgan fingerprint density at radius 1 is 1.19 bits per heavy atom. The van der Waals surface area contributed by atoms with Gasteiger partial charge in [-0.1, -0.05) is 0 Å². The first kappa shape index (κ1) is 12.0. The molecule has 1 heterocycles. The van der Waals surface area contributed by atoms with E-state index in [2.05, 4.69) is 51.6 Å². The molecule has 0 radical (unpaired) electrons. The van der Waals surface area contributed by atoms with Crippen molar-refractivity contribution in [3.05, 3.63) is 21.8 Å². The standard InChI is InChI=1S/C12H17IN2O/c1-14-5-7-15(8-6-14)12-9-10(16-2)3-4-11(12)13/h3-4,9H,5-8H2,1-2H3. The topological polar surface area (TPSA) is 15.7 Å². The largest absolute Gasteiger partial charge is 0.497 e. The third-order valence-corrected chi connectivity index (χ3v) is 3.91. The Morgan fingerprint density at radius 3 is 2.50 bits per heavy atom. The highest BCUT2D eigenvalue weighted by Gasteiger charge is 2.16. The molecule has 0 saturated carbocycles. The lowest BCUT2D eigenvalue weighted by atomic mass is 10.2. The van der Waals surface area contributed by atoms with Crippen molar-refractivity contribution in [3.63, 3.8) is 0 Å². The highest BCUT2D eigenvalue weighted by molar-refractivity contribution is 14.1. The van der Waals surface area contributed by atoms with Crippen molar-refractivity contribution in [1.82, 2.24) is 4.90 Å². The van der Waals surface area contributed by atoms with Gasteiger partial charge in [-0.2, -0.15) is 0 Å². The predicted octanol–water partition coefficient (Wildman–Crippen LogP) is 2.05. The molecule has 3 nitrogen and oxygen atoms in total. The van der Waals surface area contributed by atoms with Crippen molar-refractivity contribution < 1.29 is 4.74 Å². The number of ether oxygens (including phenoxy) is 1. The predicted molar refractivity (Wildman–Crippen MR) is 75.4 cm³/mol. The third-order valence-electron chi connectivity index (χ3n) is 3.00. The molecule has 0 amide bonds.